The van der Waals surface area contributed by atoms with Crippen molar-refractivity contribution in [3.8, 4) is 0 Å². The number of carbonyl (C=O) groups is 3. The van der Waals surface area contributed by atoms with Gasteiger partial charge in [-0.15, -0.1) is 0 Å². The maximum Gasteiger partial charge on any atom is 0.303 e. The molecule has 0 unspecified atom stereocenters. The van der Waals surface area contributed by atoms with Crippen LogP contribution in [0.15, 0.2) is 30.3 Å². The number of ether oxygens (including phenoxy) is 5. The van der Waals surface area contributed by atoms with Crippen molar-refractivity contribution in [2.24, 2.45) is 0 Å². The molecule has 0 radical (unpaired) electrons. The van der Waals surface area contributed by atoms with Crippen molar-refractivity contribution < 1.29 is 38.1 Å². The van der Waals surface area contributed by atoms with Crippen molar-refractivity contribution in [1.29, 1.82) is 0 Å². The molecule has 1 N–H and O–H groups in total. The monoisotopic (exact) mass is 437 g/mol. The zero-order chi connectivity index (χ0) is 23.0. The Morgan fingerprint density at radius 2 is 1.58 bits per heavy atom. The highest BCUT2D eigenvalue weighted by molar-refractivity contribution is 5.68. The minimum Gasteiger partial charge on any atom is -0.463 e. The highest BCUT2D eigenvalue weighted by Gasteiger charge is 2.50. The predicted octanol–water partition coefficient (Wildman–Crippen LogP) is 1.72. The molecule has 1 fully saturated rings. The molecule has 0 spiro atoms. The van der Waals surface area contributed by atoms with Crippen molar-refractivity contribution in [3.63, 3.8) is 0 Å². The van der Waals surface area contributed by atoms with Crippen molar-refractivity contribution >= 4 is 17.9 Å². The van der Waals surface area contributed by atoms with Gasteiger partial charge in [0.1, 0.15) is 18.8 Å². The molecule has 5 atom stereocenters. The second-order valence-electron chi connectivity index (χ2n) is 7.57. The van der Waals surface area contributed by atoms with Crippen molar-refractivity contribution in [3.05, 3.63) is 35.9 Å². The van der Waals surface area contributed by atoms with E-state index in [2.05, 4.69) is 5.32 Å². The average Bonchev–Trinajstić information content (AvgIpc) is 2.67. The number of rotatable bonds is 9. The van der Waals surface area contributed by atoms with Crippen LogP contribution in [0.2, 0.25) is 0 Å². The van der Waals surface area contributed by atoms with Gasteiger partial charge in [-0.1, -0.05) is 30.3 Å². The Hall–Kier alpha value is -2.49. The zero-order valence-corrected chi connectivity index (χ0v) is 18.5. The van der Waals surface area contributed by atoms with E-state index in [0.29, 0.717) is 6.54 Å². The fraction of sp³-hybridized carbons (Fsp3) is 0.591. The van der Waals surface area contributed by atoms with E-state index in [4.69, 9.17) is 23.7 Å². The van der Waals surface area contributed by atoms with E-state index < -0.39 is 48.6 Å². The second-order valence-corrected chi connectivity index (χ2v) is 7.57. The molecule has 1 aliphatic heterocycles. The van der Waals surface area contributed by atoms with Gasteiger partial charge in [0.15, 0.2) is 18.5 Å². The summed E-state index contributed by atoms with van der Waals surface area (Å²) in [6.07, 6.45) is -3.86. The average molecular weight is 437 g/mol. The van der Waals surface area contributed by atoms with Crippen LogP contribution < -0.4 is 5.32 Å². The summed E-state index contributed by atoms with van der Waals surface area (Å²) < 4.78 is 28.1. The van der Waals surface area contributed by atoms with Crippen molar-refractivity contribution in [2.75, 3.05) is 6.61 Å². The molecule has 2 rings (SSSR count). The number of carbonyl (C=O) groups excluding carboxylic acids is 3. The third kappa shape index (κ3) is 7.93. The quantitative estimate of drug-likeness (QED) is 0.456. The van der Waals surface area contributed by atoms with Gasteiger partial charge in [-0.3, -0.25) is 14.4 Å². The molecule has 9 nitrogen and oxygen atoms in total. The SMILES string of the molecule is CC(=O)OC[C@H]1O[C@@H](OC(C)C)[C@H](NCc2ccccc2)[C@@H](OC(C)=O)[C@@H]1OC(C)=O. The first kappa shape index (κ1) is 24.8. The van der Waals surface area contributed by atoms with Gasteiger partial charge in [0.05, 0.1) is 6.10 Å². The van der Waals surface area contributed by atoms with Gasteiger partial charge in [-0.2, -0.15) is 0 Å². The first-order chi connectivity index (χ1) is 14.7. The molecule has 0 saturated carbocycles. The molecule has 1 aromatic carbocycles. The first-order valence-electron chi connectivity index (χ1n) is 10.2. The molecular formula is C22H31NO8. The molecule has 9 heteroatoms. The molecule has 1 saturated heterocycles. The summed E-state index contributed by atoms with van der Waals surface area (Å²) in [6, 6.07) is 8.99. The summed E-state index contributed by atoms with van der Waals surface area (Å²) in [7, 11) is 0. The second kappa shape index (κ2) is 11.8. The van der Waals surface area contributed by atoms with E-state index in [0.717, 1.165) is 5.56 Å². The summed E-state index contributed by atoms with van der Waals surface area (Å²) in [6.45, 7) is 7.72. The number of hydrogen-bond donors (Lipinski definition) is 1. The van der Waals surface area contributed by atoms with E-state index in [1.807, 2.05) is 44.2 Å². The lowest BCUT2D eigenvalue weighted by atomic mass is 9.95. The van der Waals surface area contributed by atoms with Crippen LogP contribution in [0.25, 0.3) is 0 Å². The summed E-state index contributed by atoms with van der Waals surface area (Å²) in [4.78, 5) is 35.0. The van der Waals surface area contributed by atoms with Crippen LogP contribution in [0.3, 0.4) is 0 Å². The highest BCUT2D eigenvalue weighted by Crippen LogP contribution is 2.28. The number of nitrogens with one attached hydrogen (secondary N) is 1. The fourth-order valence-corrected chi connectivity index (χ4v) is 3.33. The Bertz CT molecular complexity index is 738. The maximum atomic E-state index is 11.9. The minimum atomic E-state index is -0.999. The molecule has 1 aromatic rings. The Balaban J connectivity index is 2.35. The lowest BCUT2D eigenvalue weighted by Crippen LogP contribution is -2.66. The van der Waals surface area contributed by atoms with Gasteiger partial charge in [-0.25, -0.2) is 0 Å². The van der Waals surface area contributed by atoms with Crippen molar-refractivity contribution in [1.82, 2.24) is 5.32 Å². The predicted molar refractivity (Wildman–Crippen MR) is 110 cm³/mol. The number of esters is 3. The molecule has 0 bridgehead atoms. The molecule has 0 aliphatic carbocycles. The number of hydrogen-bond acceptors (Lipinski definition) is 9. The van der Waals surface area contributed by atoms with E-state index in [9.17, 15) is 14.4 Å². The van der Waals surface area contributed by atoms with Crippen LogP contribution >= 0.6 is 0 Å². The lowest BCUT2D eigenvalue weighted by molar-refractivity contribution is -0.286. The van der Waals surface area contributed by atoms with E-state index >= 15 is 0 Å². The van der Waals surface area contributed by atoms with Gasteiger partial charge >= 0.3 is 17.9 Å². The van der Waals surface area contributed by atoms with E-state index in [1.165, 1.54) is 20.8 Å². The third-order valence-corrected chi connectivity index (χ3v) is 4.49. The number of benzene rings is 1. The van der Waals surface area contributed by atoms with Crippen LogP contribution in [-0.2, 0) is 44.6 Å². The standard InChI is InChI=1S/C22H31NO8/c1-13(2)28-22-19(23-11-17-9-7-6-8-10-17)21(30-16(5)26)20(29-15(4)25)18(31-22)12-27-14(3)24/h6-10,13,18-23H,11-12H2,1-5H3/t18-,19-,20-,21-,22-/m1/s1. The van der Waals surface area contributed by atoms with Gasteiger partial charge in [0.25, 0.3) is 0 Å². The molecule has 1 heterocycles. The largest absolute Gasteiger partial charge is 0.463 e. The zero-order valence-electron chi connectivity index (χ0n) is 18.5. The summed E-state index contributed by atoms with van der Waals surface area (Å²) in [5, 5.41) is 3.31. The minimum absolute atomic E-state index is 0.186. The van der Waals surface area contributed by atoms with Gasteiger partial charge < -0.3 is 29.0 Å². The van der Waals surface area contributed by atoms with Gasteiger partial charge in [-0.05, 0) is 19.4 Å². The van der Waals surface area contributed by atoms with E-state index in [1.54, 1.807) is 0 Å². The highest BCUT2D eigenvalue weighted by atomic mass is 16.7. The van der Waals surface area contributed by atoms with Crippen LogP contribution in [-0.4, -0.2) is 61.3 Å². The Kier molecular flexibility index (Phi) is 9.42. The van der Waals surface area contributed by atoms with Crippen LogP contribution in [0.5, 0.6) is 0 Å². The van der Waals surface area contributed by atoms with Crippen LogP contribution in [0.4, 0.5) is 0 Å². The summed E-state index contributed by atoms with van der Waals surface area (Å²) in [5.74, 6) is -1.64. The molecule has 0 amide bonds. The molecular weight excluding hydrogens is 406 g/mol. The van der Waals surface area contributed by atoms with Crippen molar-refractivity contribution in [2.45, 2.75) is 77.9 Å². The lowest BCUT2D eigenvalue weighted by Gasteiger charge is -2.45. The van der Waals surface area contributed by atoms with E-state index in [-0.39, 0.29) is 12.7 Å². The van der Waals surface area contributed by atoms with Crippen LogP contribution in [0, 0.1) is 0 Å². The summed E-state index contributed by atoms with van der Waals surface area (Å²) >= 11 is 0. The van der Waals surface area contributed by atoms with Crippen LogP contribution in [0.1, 0.15) is 40.2 Å². The molecule has 1 aliphatic rings. The smallest absolute Gasteiger partial charge is 0.303 e. The molecule has 31 heavy (non-hydrogen) atoms. The van der Waals surface area contributed by atoms with Gasteiger partial charge in [0.2, 0.25) is 0 Å². The first-order valence-corrected chi connectivity index (χ1v) is 10.2. The molecule has 0 aromatic heterocycles. The maximum absolute atomic E-state index is 11.9. The summed E-state index contributed by atoms with van der Waals surface area (Å²) in [5.41, 5.74) is 0.999. The third-order valence-electron chi connectivity index (χ3n) is 4.49. The van der Waals surface area contributed by atoms with Gasteiger partial charge in [0, 0.05) is 27.3 Å². The Morgan fingerprint density at radius 1 is 0.968 bits per heavy atom. The fourth-order valence-electron chi connectivity index (χ4n) is 3.33. The topological polar surface area (TPSA) is 109 Å². The molecule has 172 valence electrons. The normalized spacial score (nSPS) is 25.7. The Morgan fingerprint density at radius 3 is 2.13 bits per heavy atom. The Labute approximate surface area is 182 Å².